The quantitative estimate of drug-likeness (QED) is 0.405. The number of nitrogens with zero attached hydrogens (tertiary/aromatic N) is 3. The molecule has 1 heterocycles. The van der Waals surface area contributed by atoms with E-state index in [0.717, 1.165) is 11.3 Å². The molecule has 2 aromatic carbocycles. The van der Waals surface area contributed by atoms with Crippen molar-refractivity contribution in [2.24, 2.45) is 5.41 Å². The summed E-state index contributed by atoms with van der Waals surface area (Å²) in [5.41, 5.74) is 0.848. The van der Waals surface area contributed by atoms with Crippen molar-refractivity contribution < 1.29 is 22.7 Å². The van der Waals surface area contributed by atoms with E-state index < -0.39 is 10.0 Å². The highest BCUT2D eigenvalue weighted by Gasteiger charge is 2.33. The fraction of sp³-hybridized carbons (Fsp3) is 0.533. The lowest BCUT2D eigenvalue weighted by Crippen LogP contribution is -2.51. The molecule has 0 unspecified atom stereocenters. The third-order valence-corrected chi connectivity index (χ3v) is 8.80. The Morgan fingerprint density at radius 2 is 1.62 bits per heavy atom. The molecule has 0 radical (unpaired) electrons. The van der Waals surface area contributed by atoms with Crippen LogP contribution in [0.15, 0.2) is 59.5 Å². The maximum atomic E-state index is 13.9. The Morgan fingerprint density at radius 1 is 1.00 bits per heavy atom. The van der Waals surface area contributed by atoms with Gasteiger partial charge in [0.25, 0.3) is 0 Å². The van der Waals surface area contributed by atoms with Crippen LogP contribution in [0.25, 0.3) is 0 Å². The first-order chi connectivity index (χ1) is 18.4. The predicted molar refractivity (Wildman–Crippen MR) is 153 cm³/mol. The molecule has 2 amide bonds. The number of ether oxygens (including phenoxy) is 1. The normalized spacial score (nSPS) is 14.9. The van der Waals surface area contributed by atoms with Crippen molar-refractivity contribution in [1.82, 2.24) is 14.1 Å². The van der Waals surface area contributed by atoms with E-state index in [4.69, 9.17) is 4.74 Å². The van der Waals surface area contributed by atoms with Crippen LogP contribution in [0.5, 0.6) is 5.75 Å². The Labute approximate surface area is 234 Å². The van der Waals surface area contributed by atoms with E-state index in [0.29, 0.717) is 45.3 Å². The van der Waals surface area contributed by atoms with Gasteiger partial charge in [0.2, 0.25) is 21.8 Å². The molecule has 8 nitrogen and oxygen atoms in total. The fourth-order valence-electron chi connectivity index (χ4n) is 4.86. The Kier molecular flexibility index (Phi) is 10.6. The first kappa shape index (κ1) is 30.6. The SMILES string of the molecule is CCCN(CC(=O)N(Cc1ccc(OC)cc1)C1CCN(C(=O)CC(C)(C)C)CC1)S(=O)(=O)c1ccccc1. The number of hydrogen-bond acceptors (Lipinski definition) is 5. The molecule has 39 heavy (non-hydrogen) atoms. The summed E-state index contributed by atoms with van der Waals surface area (Å²) >= 11 is 0. The number of piperidine rings is 1. The second-order valence-corrected chi connectivity index (χ2v) is 13.3. The van der Waals surface area contributed by atoms with Crippen LogP contribution >= 0.6 is 0 Å². The van der Waals surface area contributed by atoms with Crippen LogP contribution in [0, 0.1) is 5.41 Å². The maximum Gasteiger partial charge on any atom is 0.243 e. The second kappa shape index (κ2) is 13.4. The molecular formula is C30H43N3O5S. The van der Waals surface area contributed by atoms with Gasteiger partial charge in [0.05, 0.1) is 18.6 Å². The summed E-state index contributed by atoms with van der Waals surface area (Å²) in [7, 11) is -2.22. The van der Waals surface area contributed by atoms with Gasteiger partial charge in [0.1, 0.15) is 5.75 Å². The van der Waals surface area contributed by atoms with Crippen molar-refractivity contribution in [2.45, 2.75) is 70.9 Å². The van der Waals surface area contributed by atoms with Crippen molar-refractivity contribution in [3.05, 3.63) is 60.2 Å². The first-order valence-electron chi connectivity index (χ1n) is 13.7. The van der Waals surface area contributed by atoms with Crippen LogP contribution in [-0.2, 0) is 26.2 Å². The van der Waals surface area contributed by atoms with Crippen molar-refractivity contribution in [3.8, 4) is 5.75 Å². The molecule has 2 aromatic rings. The smallest absolute Gasteiger partial charge is 0.243 e. The highest BCUT2D eigenvalue weighted by Crippen LogP contribution is 2.25. The van der Waals surface area contributed by atoms with Crippen LogP contribution in [-0.4, -0.2) is 73.7 Å². The van der Waals surface area contributed by atoms with E-state index in [2.05, 4.69) is 20.8 Å². The molecule has 9 heteroatoms. The van der Waals surface area contributed by atoms with Crippen LogP contribution in [0.4, 0.5) is 0 Å². The molecule has 1 fully saturated rings. The van der Waals surface area contributed by atoms with E-state index in [1.54, 1.807) is 42.3 Å². The molecule has 0 bridgehead atoms. The second-order valence-electron chi connectivity index (χ2n) is 11.4. The minimum Gasteiger partial charge on any atom is -0.497 e. The standard InChI is InChI=1S/C30H43N3O5S/c1-6-18-32(39(36,37)27-10-8-7-9-11-27)23-29(35)33(22-24-12-14-26(38-5)15-13-24)25-16-19-31(20-17-25)28(34)21-30(2,3)4/h7-15,25H,6,16-23H2,1-5H3. The zero-order chi connectivity index (χ0) is 28.6. The van der Waals surface area contributed by atoms with Gasteiger partial charge in [-0.15, -0.1) is 0 Å². The van der Waals surface area contributed by atoms with E-state index in [9.17, 15) is 18.0 Å². The van der Waals surface area contributed by atoms with Gasteiger partial charge in [-0.1, -0.05) is 58.0 Å². The number of amides is 2. The number of rotatable bonds is 11. The van der Waals surface area contributed by atoms with Crippen molar-refractivity contribution >= 4 is 21.8 Å². The number of hydrogen-bond donors (Lipinski definition) is 0. The van der Waals surface area contributed by atoms with Crippen molar-refractivity contribution in [2.75, 3.05) is 33.3 Å². The Morgan fingerprint density at radius 3 is 2.15 bits per heavy atom. The number of benzene rings is 2. The van der Waals surface area contributed by atoms with E-state index in [1.165, 1.54) is 4.31 Å². The third-order valence-electron chi connectivity index (χ3n) is 6.94. The summed E-state index contributed by atoms with van der Waals surface area (Å²) in [6.45, 7) is 9.59. The molecule has 0 atom stereocenters. The summed E-state index contributed by atoms with van der Waals surface area (Å²) in [5.74, 6) is 0.626. The topological polar surface area (TPSA) is 87.2 Å². The van der Waals surface area contributed by atoms with Crippen molar-refractivity contribution in [3.63, 3.8) is 0 Å². The summed E-state index contributed by atoms with van der Waals surface area (Å²) in [6, 6.07) is 15.7. The fourth-order valence-corrected chi connectivity index (χ4v) is 6.36. The Bertz CT molecular complexity index is 1190. The lowest BCUT2D eigenvalue weighted by atomic mass is 9.91. The number of likely N-dealkylation sites (tertiary alicyclic amines) is 1. The minimum atomic E-state index is -3.83. The summed E-state index contributed by atoms with van der Waals surface area (Å²) in [6.07, 6.45) is 2.37. The molecule has 1 saturated heterocycles. The highest BCUT2D eigenvalue weighted by molar-refractivity contribution is 7.89. The van der Waals surface area contributed by atoms with Gasteiger partial charge in [-0.25, -0.2) is 8.42 Å². The molecular weight excluding hydrogens is 514 g/mol. The molecule has 1 aliphatic heterocycles. The van der Waals surface area contributed by atoms with E-state index in [1.807, 2.05) is 36.1 Å². The van der Waals surface area contributed by atoms with Gasteiger partial charge in [-0.2, -0.15) is 4.31 Å². The number of methoxy groups -OCH3 is 1. The molecule has 214 valence electrons. The minimum absolute atomic E-state index is 0.0860. The van der Waals surface area contributed by atoms with Gasteiger partial charge in [-0.3, -0.25) is 9.59 Å². The largest absolute Gasteiger partial charge is 0.497 e. The Balaban J connectivity index is 1.81. The molecule has 0 spiro atoms. The predicted octanol–water partition coefficient (Wildman–Crippen LogP) is 4.55. The van der Waals surface area contributed by atoms with E-state index >= 15 is 0 Å². The van der Waals surface area contributed by atoms with Crippen LogP contribution in [0.1, 0.15) is 58.9 Å². The van der Waals surface area contributed by atoms with Gasteiger partial charge < -0.3 is 14.5 Å². The number of sulfonamides is 1. The molecule has 0 aromatic heterocycles. The lowest BCUT2D eigenvalue weighted by molar-refractivity contribution is -0.138. The summed E-state index contributed by atoms with van der Waals surface area (Å²) < 4.78 is 33.4. The molecule has 1 aliphatic rings. The molecule has 0 aliphatic carbocycles. The zero-order valence-electron chi connectivity index (χ0n) is 23.9. The maximum absolute atomic E-state index is 13.9. The highest BCUT2D eigenvalue weighted by atomic mass is 32.2. The third kappa shape index (κ3) is 8.54. The lowest BCUT2D eigenvalue weighted by Gasteiger charge is -2.40. The van der Waals surface area contributed by atoms with Gasteiger partial charge >= 0.3 is 0 Å². The van der Waals surface area contributed by atoms with Crippen molar-refractivity contribution in [1.29, 1.82) is 0 Å². The van der Waals surface area contributed by atoms with Gasteiger partial charge in [0.15, 0.2) is 0 Å². The average molecular weight is 558 g/mol. The van der Waals surface area contributed by atoms with Crippen LogP contribution in [0.2, 0.25) is 0 Å². The zero-order valence-corrected chi connectivity index (χ0v) is 24.7. The monoisotopic (exact) mass is 557 g/mol. The van der Waals surface area contributed by atoms with Gasteiger partial charge in [-0.05, 0) is 54.5 Å². The Hall–Kier alpha value is -2.91. The average Bonchev–Trinajstić information content (AvgIpc) is 2.91. The van der Waals surface area contributed by atoms with E-state index in [-0.39, 0.29) is 41.3 Å². The summed E-state index contributed by atoms with van der Waals surface area (Å²) in [4.78, 5) is 30.5. The molecule has 0 N–H and O–H groups in total. The molecule has 3 rings (SSSR count). The van der Waals surface area contributed by atoms with Gasteiger partial charge in [0, 0.05) is 38.6 Å². The first-order valence-corrected chi connectivity index (χ1v) is 15.1. The number of carbonyl (C=O) groups excluding carboxylic acids is 2. The van der Waals surface area contributed by atoms with Crippen LogP contribution in [0.3, 0.4) is 0 Å². The number of carbonyl (C=O) groups is 2. The molecule has 0 saturated carbocycles. The van der Waals surface area contributed by atoms with Crippen LogP contribution < -0.4 is 4.74 Å². The summed E-state index contributed by atoms with van der Waals surface area (Å²) in [5, 5.41) is 0.